The molecule has 0 amide bonds. The number of hydrogen-bond acceptors (Lipinski definition) is 6. The highest BCUT2D eigenvalue weighted by Crippen LogP contribution is 2.33. The highest BCUT2D eigenvalue weighted by atomic mass is 16.1. The number of aromatic nitrogens is 8. The fraction of sp³-hybridized carbons (Fsp3) is 0.320. The van der Waals surface area contributed by atoms with E-state index >= 15 is 0 Å². The third kappa shape index (κ3) is 4.23. The number of imidazole rings is 2. The van der Waals surface area contributed by atoms with Gasteiger partial charge in [-0.05, 0) is 47.3 Å². The highest BCUT2D eigenvalue weighted by molar-refractivity contribution is 5.57. The monoisotopic (exact) mass is 471 g/mol. The lowest BCUT2D eigenvalue weighted by atomic mass is 9.78. The summed E-state index contributed by atoms with van der Waals surface area (Å²) in [4.78, 5) is 18.3. The second-order valence-electron chi connectivity index (χ2n) is 8.73. The summed E-state index contributed by atoms with van der Waals surface area (Å²) in [5.41, 5.74) is 2.28. The Hall–Kier alpha value is -4.21. The van der Waals surface area contributed by atoms with E-state index in [0.29, 0.717) is 18.3 Å². The van der Waals surface area contributed by atoms with Crippen molar-refractivity contribution in [2.75, 3.05) is 0 Å². The van der Waals surface area contributed by atoms with Gasteiger partial charge in [0.1, 0.15) is 0 Å². The molecule has 0 fully saturated rings. The van der Waals surface area contributed by atoms with Crippen molar-refractivity contribution in [2.24, 2.45) is 0 Å². The van der Waals surface area contributed by atoms with Crippen LogP contribution in [0.1, 0.15) is 37.9 Å². The van der Waals surface area contributed by atoms with E-state index in [0.717, 1.165) is 42.6 Å². The molecule has 10 nitrogen and oxygen atoms in total. The molecule has 0 atom stereocenters. The van der Waals surface area contributed by atoms with Gasteiger partial charge in [-0.1, -0.05) is 50.6 Å². The van der Waals surface area contributed by atoms with Crippen molar-refractivity contribution < 1.29 is 0 Å². The summed E-state index contributed by atoms with van der Waals surface area (Å²) in [7, 11) is 0. The third-order valence-electron chi connectivity index (χ3n) is 6.33. The molecule has 10 heteroatoms. The van der Waals surface area contributed by atoms with Gasteiger partial charge in [0, 0.05) is 42.9 Å². The molecule has 4 heterocycles. The summed E-state index contributed by atoms with van der Waals surface area (Å²) in [6.45, 7) is 5.50. The average Bonchev–Trinajstić information content (AvgIpc) is 3.63. The number of tetrazole rings is 1. The van der Waals surface area contributed by atoms with Crippen LogP contribution in [0.25, 0.3) is 17.3 Å². The first-order valence-corrected chi connectivity index (χ1v) is 11.9. The predicted molar refractivity (Wildman–Crippen MR) is 133 cm³/mol. The Morgan fingerprint density at radius 3 is 2.71 bits per heavy atom. The van der Waals surface area contributed by atoms with E-state index in [1.165, 1.54) is 0 Å². The number of nitrogens with one attached hydrogen (secondary N) is 2. The molecule has 1 aliphatic rings. The molecule has 180 valence electrons. The molecule has 4 aromatic rings. The van der Waals surface area contributed by atoms with Gasteiger partial charge in [-0.2, -0.15) is 0 Å². The van der Waals surface area contributed by atoms with E-state index < -0.39 is 5.41 Å². The summed E-state index contributed by atoms with van der Waals surface area (Å²) >= 11 is 0. The Labute approximate surface area is 203 Å². The minimum atomic E-state index is -0.536. The Kier molecular flexibility index (Phi) is 6.17. The van der Waals surface area contributed by atoms with Crippen molar-refractivity contribution in [3.8, 4) is 17.3 Å². The SMILES string of the molecule is CCCc1cn(-c2nccn2CCC)c(=O)n1CC1(c2cccc(-c3nnn[nH]3)c2)C=CNC=C1. The fourth-order valence-corrected chi connectivity index (χ4v) is 4.63. The number of dihydropyridines is 1. The van der Waals surface area contributed by atoms with Gasteiger partial charge in [0.25, 0.3) is 0 Å². The summed E-state index contributed by atoms with van der Waals surface area (Å²) in [6, 6.07) is 8.09. The minimum absolute atomic E-state index is 0.0905. The molecule has 0 bridgehead atoms. The van der Waals surface area contributed by atoms with Crippen LogP contribution in [0.15, 0.2) is 72.2 Å². The predicted octanol–water partition coefficient (Wildman–Crippen LogP) is 2.95. The van der Waals surface area contributed by atoms with Crippen LogP contribution in [0.5, 0.6) is 0 Å². The maximum Gasteiger partial charge on any atom is 0.335 e. The molecule has 3 aromatic heterocycles. The number of allylic oxidation sites excluding steroid dienone is 2. The van der Waals surface area contributed by atoms with Crippen molar-refractivity contribution >= 4 is 0 Å². The van der Waals surface area contributed by atoms with E-state index in [2.05, 4.69) is 69.1 Å². The standard InChI is InChI=1S/C25H29N9O/c1-3-6-21-17-33(23-27-13-15-32(23)14-4-2)24(35)34(21)18-25(9-11-26-12-10-25)20-8-5-7-19(16-20)22-28-30-31-29-22/h5,7-13,15-17,26H,3-4,6,14,18H2,1-2H3,(H,28,29,30,31). The lowest BCUT2D eigenvalue weighted by molar-refractivity contribution is 0.496. The van der Waals surface area contributed by atoms with Crippen LogP contribution in [0.2, 0.25) is 0 Å². The number of hydrogen-bond donors (Lipinski definition) is 2. The van der Waals surface area contributed by atoms with Gasteiger partial charge in [-0.15, -0.1) is 5.10 Å². The van der Waals surface area contributed by atoms with Crippen molar-refractivity contribution in [2.45, 2.75) is 51.6 Å². The molecule has 0 spiro atoms. The topological polar surface area (TPSA) is 111 Å². The zero-order valence-corrected chi connectivity index (χ0v) is 19.9. The number of nitrogens with zero attached hydrogens (tertiary/aromatic N) is 7. The number of aromatic amines is 1. The van der Waals surface area contributed by atoms with E-state index in [9.17, 15) is 4.79 Å². The molecular weight excluding hydrogens is 442 g/mol. The van der Waals surface area contributed by atoms with Crippen molar-refractivity contribution in [1.82, 2.24) is 44.6 Å². The molecule has 1 aromatic carbocycles. The van der Waals surface area contributed by atoms with Crippen LogP contribution in [-0.4, -0.2) is 39.3 Å². The van der Waals surface area contributed by atoms with Crippen LogP contribution >= 0.6 is 0 Å². The van der Waals surface area contributed by atoms with Gasteiger partial charge in [-0.25, -0.2) is 19.4 Å². The zero-order chi connectivity index (χ0) is 24.3. The lowest BCUT2D eigenvalue weighted by Crippen LogP contribution is -2.36. The number of rotatable bonds is 9. The molecular formula is C25H29N9O. The molecule has 35 heavy (non-hydrogen) atoms. The van der Waals surface area contributed by atoms with Crippen LogP contribution in [-0.2, 0) is 24.9 Å². The quantitative estimate of drug-likeness (QED) is 0.388. The molecule has 0 saturated heterocycles. The smallest absolute Gasteiger partial charge is 0.335 e. The van der Waals surface area contributed by atoms with Gasteiger partial charge >= 0.3 is 5.69 Å². The molecule has 0 radical (unpaired) electrons. The Bertz CT molecular complexity index is 1390. The summed E-state index contributed by atoms with van der Waals surface area (Å²) in [6.07, 6.45) is 16.3. The highest BCUT2D eigenvalue weighted by Gasteiger charge is 2.31. The number of aryl methyl sites for hydroxylation is 2. The van der Waals surface area contributed by atoms with Gasteiger partial charge in [-0.3, -0.25) is 4.57 Å². The van der Waals surface area contributed by atoms with Crippen LogP contribution in [0.4, 0.5) is 0 Å². The second-order valence-corrected chi connectivity index (χ2v) is 8.73. The normalized spacial score (nSPS) is 14.3. The Morgan fingerprint density at radius 2 is 1.97 bits per heavy atom. The summed E-state index contributed by atoms with van der Waals surface area (Å²) in [5, 5.41) is 17.4. The van der Waals surface area contributed by atoms with E-state index in [4.69, 9.17) is 0 Å². The molecule has 5 rings (SSSR count). The minimum Gasteiger partial charge on any atom is -0.368 e. The van der Waals surface area contributed by atoms with Gasteiger partial charge < -0.3 is 9.88 Å². The van der Waals surface area contributed by atoms with E-state index in [1.54, 1.807) is 10.8 Å². The second kappa shape index (κ2) is 9.57. The maximum atomic E-state index is 13.8. The fourth-order valence-electron chi connectivity index (χ4n) is 4.63. The average molecular weight is 472 g/mol. The molecule has 0 aliphatic carbocycles. The first kappa shape index (κ1) is 22.6. The summed E-state index contributed by atoms with van der Waals surface area (Å²) < 4.78 is 5.59. The third-order valence-corrected chi connectivity index (χ3v) is 6.33. The first-order chi connectivity index (χ1) is 17.1. The van der Waals surface area contributed by atoms with Gasteiger partial charge in [0.15, 0.2) is 5.82 Å². The Morgan fingerprint density at radius 1 is 1.11 bits per heavy atom. The maximum absolute atomic E-state index is 13.8. The van der Waals surface area contributed by atoms with E-state index in [-0.39, 0.29) is 5.69 Å². The summed E-state index contributed by atoms with van der Waals surface area (Å²) in [5.74, 6) is 1.25. The van der Waals surface area contributed by atoms with Crippen molar-refractivity contribution in [3.05, 3.63) is 89.1 Å². The van der Waals surface area contributed by atoms with Gasteiger partial charge in [0.2, 0.25) is 5.95 Å². The Balaban J connectivity index is 1.61. The molecule has 0 saturated carbocycles. The molecule has 0 unspecified atom stereocenters. The number of H-pyrrole nitrogens is 1. The van der Waals surface area contributed by atoms with Gasteiger partial charge in [0.05, 0.1) is 5.41 Å². The van der Waals surface area contributed by atoms with Crippen LogP contribution in [0, 0.1) is 0 Å². The van der Waals surface area contributed by atoms with Crippen LogP contribution in [0.3, 0.4) is 0 Å². The lowest BCUT2D eigenvalue weighted by Gasteiger charge is -2.31. The molecule has 2 N–H and O–H groups in total. The van der Waals surface area contributed by atoms with Crippen LogP contribution < -0.4 is 11.0 Å². The molecule has 1 aliphatic heterocycles. The van der Waals surface area contributed by atoms with Crippen molar-refractivity contribution in [3.63, 3.8) is 0 Å². The van der Waals surface area contributed by atoms with Crippen molar-refractivity contribution in [1.29, 1.82) is 0 Å². The zero-order valence-electron chi connectivity index (χ0n) is 19.9. The van der Waals surface area contributed by atoms with E-state index in [1.807, 2.05) is 46.1 Å². The first-order valence-electron chi connectivity index (χ1n) is 11.9. The number of benzene rings is 1. The largest absolute Gasteiger partial charge is 0.368 e.